The van der Waals surface area contributed by atoms with Gasteiger partial charge in [-0.25, -0.2) is 19.6 Å². The van der Waals surface area contributed by atoms with Crippen LogP contribution < -0.4 is 10.6 Å². The SMILES string of the molecule is COC(=O)NC(C(=O)N1CCCC1c1ncc(-c2ccc(-c3ccc(-c4ccc5nc(C6C7CCC(C7)N6C(=O)C(NC(=O)OC)C(C)C)[nH]c5c4)cc3)cc2)[nH]1)C(C)C. The van der Waals surface area contributed by atoms with Crippen LogP contribution in [-0.4, -0.2) is 92.6 Å². The third-order valence-corrected chi connectivity index (χ3v) is 12.6. The van der Waals surface area contributed by atoms with Gasteiger partial charge in [0.1, 0.15) is 23.7 Å². The van der Waals surface area contributed by atoms with Gasteiger partial charge in [-0.2, -0.15) is 0 Å². The van der Waals surface area contributed by atoms with Crippen molar-refractivity contribution < 1.29 is 28.7 Å². The fraction of sp³-hybridized carbons (Fsp3) is 0.435. The molecule has 1 aliphatic carbocycles. The number of hydrogen-bond acceptors (Lipinski definition) is 8. The molecule has 1 saturated carbocycles. The van der Waals surface area contributed by atoms with E-state index < -0.39 is 24.3 Å². The Bertz CT molecular complexity index is 2370. The number of fused-ring (bicyclic) bond motifs is 3. The lowest BCUT2D eigenvalue weighted by Gasteiger charge is -2.37. The minimum absolute atomic E-state index is 0.0900. The highest BCUT2D eigenvalue weighted by Gasteiger charge is 2.51. The van der Waals surface area contributed by atoms with E-state index in [0.717, 1.165) is 88.3 Å². The number of alkyl carbamates (subject to hydrolysis) is 2. The summed E-state index contributed by atoms with van der Waals surface area (Å²) in [5.74, 6) is 1.39. The van der Waals surface area contributed by atoms with Crippen LogP contribution in [0.15, 0.2) is 72.9 Å². The first-order chi connectivity index (χ1) is 28.9. The molecule has 4 heterocycles. The third kappa shape index (κ3) is 7.82. The van der Waals surface area contributed by atoms with Crippen LogP contribution in [0.1, 0.15) is 83.5 Å². The number of H-pyrrole nitrogens is 2. The standard InChI is InChI=1S/C46H54N8O6/c1-25(2)38(51-45(57)59-5)43(55)53-21-7-8-37(53)41-47-24-36(50-41)30-15-13-28(14-16-30)27-9-11-29(12-10-27)31-18-20-34-35(23-31)49-42(48-34)40-32-17-19-33(22-32)54(40)44(56)39(26(3)4)52-46(58)60-6/h9-16,18,20,23-26,32-33,37-40H,7-8,17,19,21-22H2,1-6H3,(H,47,50)(H,48,49)(H,51,57)(H,52,58). The van der Waals surface area contributed by atoms with Crippen molar-refractivity contribution in [1.82, 2.24) is 40.4 Å². The van der Waals surface area contributed by atoms with Crippen LogP contribution in [0.4, 0.5) is 9.59 Å². The van der Waals surface area contributed by atoms with Crippen LogP contribution in [0, 0.1) is 17.8 Å². The number of nitrogens with one attached hydrogen (secondary N) is 4. The molecule has 3 aromatic carbocycles. The van der Waals surface area contributed by atoms with E-state index in [0.29, 0.717) is 12.5 Å². The van der Waals surface area contributed by atoms with E-state index in [1.807, 2.05) is 49.8 Å². The minimum Gasteiger partial charge on any atom is -0.453 e. The monoisotopic (exact) mass is 814 g/mol. The number of imidazole rings is 2. The van der Waals surface area contributed by atoms with Gasteiger partial charge in [0.25, 0.3) is 0 Å². The lowest BCUT2D eigenvalue weighted by Crippen LogP contribution is -2.54. The number of nitrogens with zero attached hydrogens (tertiary/aromatic N) is 4. The number of carbonyl (C=O) groups is 4. The minimum atomic E-state index is -0.686. The van der Waals surface area contributed by atoms with E-state index in [4.69, 9.17) is 19.4 Å². The maximum Gasteiger partial charge on any atom is 0.407 e. The lowest BCUT2D eigenvalue weighted by atomic mass is 9.95. The average Bonchev–Trinajstić information content (AvgIpc) is 4.12. The number of hydrogen-bond donors (Lipinski definition) is 4. The highest BCUT2D eigenvalue weighted by molar-refractivity contribution is 5.88. The zero-order chi connectivity index (χ0) is 42.2. The largest absolute Gasteiger partial charge is 0.453 e. The van der Waals surface area contributed by atoms with Crippen LogP contribution >= 0.6 is 0 Å². The number of ether oxygens (including phenoxy) is 2. The van der Waals surface area contributed by atoms with Crippen molar-refractivity contribution >= 4 is 35.0 Å². The molecule has 14 heteroatoms. The van der Waals surface area contributed by atoms with Crippen LogP contribution in [0.3, 0.4) is 0 Å². The number of piperidine rings is 1. The van der Waals surface area contributed by atoms with E-state index in [1.54, 1.807) is 0 Å². The number of benzene rings is 3. The number of likely N-dealkylation sites (tertiary alicyclic amines) is 2. The molecular formula is C46H54N8O6. The Morgan fingerprint density at radius 3 is 1.92 bits per heavy atom. The van der Waals surface area contributed by atoms with Gasteiger partial charge in [0.2, 0.25) is 11.8 Å². The van der Waals surface area contributed by atoms with Gasteiger partial charge >= 0.3 is 12.2 Å². The molecule has 314 valence electrons. The predicted molar refractivity (Wildman–Crippen MR) is 227 cm³/mol. The van der Waals surface area contributed by atoms with Gasteiger partial charge in [-0.3, -0.25) is 9.59 Å². The van der Waals surface area contributed by atoms with Crippen molar-refractivity contribution in [2.75, 3.05) is 20.8 Å². The van der Waals surface area contributed by atoms with Gasteiger partial charge in [-0.1, -0.05) is 82.3 Å². The molecule has 3 fully saturated rings. The highest BCUT2D eigenvalue weighted by Crippen LogP contribution is 2.50. The van der Waals surface area contributed by atoms with Crippen molar-refractivity contribution in [2.45, 2.75) is 90.0 Å². The summed E-state index contributed by atoms with van der Waals surface area (Å²) in [5.41, 5.74) is 7.91. The normalized spacial score (nSPS) is 20.8. The van der Waals surface area contributed by atoms with Crippen molar-refractivity contribution in [2.24, 2.45) is 17.8 Å². The fourth-order valence-corrected chi connectivity index (χ4v) is 9.41. The molecule has 6 unspecified atom stereocenters. The van der Waals surface area contributed by atoms with E-state index >= 15 is 0 Å². The van der Waals surface area contributed by atoms with E-state index in [9.17, 15) is 19.2 Å². The summed E-state index contributed by atoms with van der Waals surface area (Å²) in [6.07, 6.45) is 5.15. The van der Waals surface area contributed by atoms with E-state index in [2.05, 4.69) is 81.3 Å². The van der Waals surface area contributed by atoms with Gasteiger partial charge in [-0.05, 0) is 89.8 Å². The van der Waals surface area contributed by atoms with Crippen molar-refractivity contribution in [3.8, 4) is 33.5 Å². The number of carbonyl (C=O) groups excluding carboxylic acids is 4. The van der Waals surface area contributed by atoms with Gasteiger partial charge in [0, 0.05) is 12.6 Å². The Balaban J connectivity index is 0.949. The molecule has 2 saturated heterocycles. The second kappa shape index (κ2) is 16.8. The molecule has 8 rings (SSSR count). The van der Waals surface area contributed by atoms with Crippen LogP contribution in [0.25, 0.3) is 44.5 Å². The predicted octanol–water partition coefficient (Wildman–Crippen LogP) is 7.76. The van der Waals surface area contributed by atoms with Gasteiger partial charge in [-0.15, -0.1) is 0 Å². The highest BCUT2D eigenvalue weighted by atomic mass is 16.5. The molecule has 0 spiro atoms. The smallest absolute Gasteiger partial charge is 0.407 e. The maximum atomic E-state index is 14.0. The molecule has 3 aliphatic rings. The Labute approximate surface area is 349 Å². The van der Waals surface area contributed by atoms with Gasteiger partial charge < -0.3 is 39.9 Å². The first kappa shape index (κ1) is 40.6. The van der Waals surface area contributed by atoms with Gasteiger partial charge in [0.05, 0.1) is 49.2 Å². The summed E-state index contributed by atoms with van der Waals surface area (Å²) >= 11 is 0. The second-order valence-corrected chi connectivity index (χ2v) is 17.0. The molecule has 4 N–H and O–H groups in total. The molecule has 5 aromatic rings. The summed E-state index contributed by atoms with van der Waals surface area (Å²) in [5, 5.41) is 5.47. The van der Waals surface area contributed by atoms with Crippen LogP contribution in [0.5, 0.6) is 0 Å². The summed E-state index contributed by atoms with van der Waals surface area (Å²) < 4.78 is 9.60. The van der Waals surface area contributed by atoms with E-state index in [-0.39, 0.29) is 41.8 Å². The van der Waals surface area contributed by atoms with Gasteiger partial charge in [0.15, 0.2) is 0 Å². The average molecular weight is 815 g/mol. The summed E-state index contributed by atoms with van der Waals surface area (Å²) in [4.78, 5) is 72.2. The quantitative estimate of drug-likeness (QED) is 0.105. The second-order valence-electron chi connectivity index (χ2n) is 17.0. The number of amides is 4. The van der Waals surface area contributed by atoms with Crippen molar-refractivity contribution in [3.05, 3.63) is 84.6 Å². The Morgan fingerprint density at radius 2 is 1.30 bits per heavy atom. The van der Waals surface area contributed by atoms with Crippen LogP contribution in [-0.2, 0) is 19.1 Å². The third-order valence-electron chi connectivity index (χ3n) is 12.6. The van der Waals surface area contributed by atoms with Crippen LogP contribution in [0.2, 0.25) is 0 Å². The molecule has 2 bridgehead atoms. The topological polar surface area (TPSA) is 175 Å². The molecule has 2 aliphatic heterocycles. The molecule has 4 amide bonds. The first-order valence-corrected chi connectivity index (χ1v) is 21.0. The molecule has 60 heavy (non-hydrogen) atoms. The van der Waals surface area contributed by atoms with Crippen molar-refractivity contribution in [3.63, 3.8) is 0 Å². The Kier molecular flexibility index (Phi) is 11.4. The summed E-state index contributed by atoms with van der Waals surface area (Å²) in [7, 11) is 2.60. The number of rotatable bonds is 11. The fourth-order valence-electron chi connectivity index (χ4n) is 9.41. The zero-order valence-electron chi connectivity index (χ0n) is 35.0. The van der Waals surface area contributed by atoms with Crippen molar-refractivity contribution in [1.29, 1.82) is 0 Å². The molecule has 14 nitrogen and oxygen atoms in total. The number of aromatic amines is 2. The summed E-state index contributed by atoms with van der Waals surface area (Å²) in [6, 6.07) is 21.4. The molecule has 6 atom stereocenters. The number of methoxy groups -OCH3 is 2. The zero-order valence-corrected chi connectivity index (χ0v) is 35.0. The Hall–Kier alpha value is -6.18. The molecule has 2 aromatic heterocycles. The summed E-state index contributed by atoms with van der Waals surface area (Å²) in [6.45, 7) is 8.27. The maximum absolute atomic E-state index is 14.0. The molecular weight excluding hydrogens is 761 g/mol. The first-order valence-electron chi connectivity index (χ1n) is 21.0. The Morgan fingerprint density at radius 1 is 0.717 bits per heavy atom. The van der Waals surface area contributed by atoms with E-state index in [1.165, 1.54) is 14.2 Å². The number of aromatic nitrogens is 4. The molecule has 0 radical (unpaired) electrons. The lowest BCUT2D eigenvalue weighted by molar-refractivity contribution is -0.139.